The molecule has 2 rings (SSSR count). The van der Waals surface area contributed by atoms with Crippen molar-refractivity contribution in [2.45, 2.75) is 0 Å². The van der Waals surface area contributed by atoms with Gasteiger partial charge in [0.15, 0.2) is 5.13 Å². The van der Waals surface area contributed by atoms with E-state index in [-0.39, 0.29) is 5.97 Å². The summed E-state index contributed by atoms with van der Waals surface area (Å²) in [6, 6.07) is 7.22. The molecule has 0 amide bonds. The van der Waals surface area contributed by atoms with Crippen molar-refractivity contribution < 1.29 is 9.53 Å². The van der Waals surface area contributed by atoms with Gasteiger partial charge in [0.05, 0.1) is 13.3 Å². The van der Waals surface area contributed by atoms with Gasteiger partial charge >= 0.3 is 5.97 Å². The van der Waals surface area contributed by atoms with E-state index in [2.05, 4.69) is 15.0 Å². The van der Waals surface area contributed by atoms with Gasteiger partial charge in [-0.1, -0.05) is 22.9 Å². The summed E-state index contributed by atoms with van der Waals surface area (Å²) in [5.74, 6) is -0.383. The van der Waals surface area contributed by atoms with Crippen molar-refractivity contribution in [3.63, 3.8) is 0 Å². The molecule has 0 unspecified atom stereocenters. The van der Waals surface area contributed by atoms with Gasteiger partial charge in [-0.3, -0.25) is 0 Å². The molecule has 0 saturated heterocycles. The first kappa shape index (κ1) is 11.9. The standard InChI is InChI=1S/C11H9ClN2O2S/c1-16-10(15)9-6-13-11(17-9)14-8-4-2-7(12)3-5-8/h2-6H,1H3,(H,13,14). The number of halogens is 1. The molecule has 1 aromatic carbocycles. The highest BCUT2D eigenvalue weighted by Crippen LogP contribution is 2.23. The molecule has 0 bridgehead atoms. The van der Waals surface area contributed by atoms with Crippen molar-refractivity contribution in [3.8, 4) is 0 Å². The van der Waals surface area contributed by atoms with E-state index in [4.69, 9.17) is 11.6 Å². The van der Waals surface area contributed by atoms with Crippen LogP contribution in [0.4, 0.5) is 10.8 Å². The van der Waals surface area contributed by atoms with Gasteiger partial charge in [-0.2, -0.15) is 0 Å². The van der Waals surface area contributed by atoms with Crippen molar-refractivity contribution in [2.24, 2.45) is 0 Å². The SMILES string of the molecule is COC(=O)c1cnc(Nc2ccc(Cl)cc2)s1. The molecule has 0 aliphatic rings. The summed E-state index contributed by atoms with van der Waals surface area (Å²) >= 11 is 7.01. The molecule has 17 heavy (non-hydrogen) atoms. The second-order valence-electron chi connectivity index (χ2n) is 3.15. The van der Waals surface area contributed by atoms with Crippen LogP contribution in [0.5, 0.6) is 0 Å². The number of methoxy groups -OCH3 is 1. The fraction of sp³-hybridized carbons (Fsp3) is 0.0909. The molecule has 0 saturated carbocycles. The maximum absolute atomic E-state index is 11.2. The third-order valence-electron chi connectivity index (χ3n) is 1.99. The predicted molar refractivity (Wildman–Crippen MR) is 68.2 cm³/mol. The molecule has 1 aromatic heterocycles. The zero-order chi connectivity index (χ0) is 12.3. The highest BCUT2D eigenvalue weighted by Gasteiger charge is 2.10. The molecule has 0 aliphatic heterocycles. The Kier molecular flexibility index (Phi) is 3.61. The topological polar surface area (TPSA) is 51.2 Å². The van der Waals surface area contributed by atoms with E-state index in [1.165, 1.54) is 24.6 Å². The summed E-state index contributed by atoms with van der Waals surface area (Å²) in [6.07, 6.45) is 1.48. The number of hydrogen-bond donors (Lipinski definition) is 1. The van der Waals surface area contributed by atoms with E-state index in [1.54, 1.807) is 12.1 Å². The van der Waals surface area contributed by atoms with Crippen LogP contribution < -0.4 is 5.32 Å². The van der Waals surface area contributed by atoms with E-state index in [0.29, 0.717) is 15.0 Å². The van der Waals surface area contributed by atoms with Gasteiger partial charge in [-0.25, -0.2) is 9.78 Å². The number of nitrogens with zero attached hydrogens (tertiary/aromatic N) is 1. The Hall–Kier alpha value is -1.59. The fourth-order valence-electron chi connectivity index (χ4n) is 1.18. The highest BCUT2D eigenvalue weighted by molar-refractivity contribution is 7.17. The lowest BCUT2D eigenvalue weighted by Gasteiger charge is -2.01. The van der Waals surface area contributed by atoms with Crippen LogP contribution in [0.1, 0.15) is 9.67 Å². The Morgan fingerprint density at radius 1 is 1.41 bits per heavy atom. The summed E-state index contributed by atoms with van der Waals surface area (Å²) < 4.78 is 4.60. The van der Waals surface area contributed by atoms with Crippen molar-refractivity contribution in [1.82, 2.24) is 4.98 Å². The number of hydrogen-bond acceptors (Lipinski definition) is 5. The first-order valence-corrected chi connectivity index (χ1v) is 5.95. The minimum Gasteiger partial charge on any atom is -0.465 e. The minimum absolute atomic E-state index is 0.383. The molecule has 1 N–H and O–H groups in total. The van der Waals surface area contributed by atoms with Crippen LogP contribution in [-0.4, -0.2) is 18.1 Å². The highest BCUT2D eigenvalue weighted by atomic mass is 35.5. The monoisotopic (exact) mass is 268 g/mol. The average Bonchev–Trinajstić information content (AvgIpc) is 2.80. The lowest BCUT2D eigenvalue weighted by atomic mass is 10.3. The van der Waals surface area contributed by atoms with Crippen LogP contribution in [0, 0.1) is 0 Å². The maximum Gasteiger partial charge on any atom is 0.349 e. The van der Waals surface area contributed by atoms with Crippen molar-refractivity contribution in [3.05, 3.63) is 40.4 Å². The van der Waals surface area contributed by atoms with Gasteiger partial charge in [0.1, 0.15) is 4.88 Å². The van der Waals surface area contributed by atoms with Crippen LogP contribution in [0.15, 0.2) is 30.5 Å². The number of esters is 1. The van der Waals surface area contributed by atoms with Crippen LogP contribution in [0.25, 0.3) is 0 Å². The van der Waals surface area contributed by atoms with E-state index >= 15 is 0 Å². The number of rotatable bonds is 3. The fourth-order valence-corrected chi connectivity index (χ4v) is 2.06. The largest absolute Gasteiger partial charge is 0.465 e. The molecular weight excluding hydrogens is 260 g/mol. The Labute approximate surface area is 107 Å². The number of thiazole rings is 1. The smallest absolute Gasteiger partial charge is 0.349 e. The Morgan fingerprint density at radius 3 is 2.76 bits per heavy atom. The molecule has 1 heterocycles. The molecule has 0 aliphatic carbocycles. The normalized spacial score (nSPS) is 10.0. The van der Waals surface area contributed by atoms with Gasteiger partial charge < -0.3 is 10.1 Å². The number of nitrogens with one attached hydrogen (secondary N) is 1. The number of ether oxygens (including phenoxy) is 1. The molecule has 0 fully saturated rings. The van der Waals surface area contributed by atoms with Crippen LogP contribution in [-0.2, 0) is 4.74 Å². The zero-order valence-corrected chi connectivity index (χ0v) is 10.5. The molecular formula is C11H9ClN2O2S. The number of carbonyl (C=O) groups excluding carboxylic acids is 1. The van der Waals surface area contributed by atoms with Gasteiger partial charge in [0, 0.05) is 10.7 Å². The quantitative estimate of drug-likeness (QED) is 0.868. The number of aromatic nitrogens is 1. The van der Waals surface area contributed by atoms with E-state index in [1.807, 2.05) is 12.1 Å². The maximum atomic E-state index is 11.2. The third kappa shape index (κ3) is 2.95. The third-order valence-corrected chi connectivity index (χ3v) is 3.13. The second kappa shape index (κ2) is 5.16. The molecule has 88 valence electrons. The molecule has 0 radical (unpaired) electrons. The molecule has 2 aromatic rings. The summed E-state index contributed by atoms with van der Waals surface area (Å²) in [5.41, 5.74) is 0.861. The molecule has 6 heteroatoms. The lowest BCUT2D eigenvalue weighted by Crippen LogP contribution is -1.96. The number of benzene rings is 1. The van der Waals surface area contributed by atoms with Crippen LogP contribution >= 0.6 is 22.9 Å². The van der Waals surface area contributed by atoms with Crippen molar-refractivity contribution in [2.75, 3.05) is 12.4 Å². The summed E-state index contributed by atoms with van der Waals surface area (Å²) in [7, 11) is 1.34. The molecule has 0 atom stereocenters. The van der Waals surface area contributed by atoms with Crippen molar-refractivity contribution in [1.29, 1.82) is 0 Å². The van der Waals surface area contributed by atoms with E-state index in [9.17, 15) is 4.79 Å². The lowest BCUT2D eigenvalue weighted by molar-refractivity contribution is 0.0606. The number of carbonyl (C=O) groups is 1. The number of anilines is 2. The first-order chi connectivity index (χ1) is 8.19. The van der Waals surface area contributed by atoms with Crippen LogP contribution in [0.2, 0.25) is 5.02 Å². The summed E-state index contributed by atoms with van der Waals surface area (Å²) in [5, 5.41) is 4.37. The van der Waals surface area contributed by atoms with Gasteiger partial charge in [-0.15, -0.1) is 0 Å². The van der Waals surface area contributed by atoms with E-state index in [0.717, 1.165) is 5.69 Å². The Morgan fingerprint density at radius 2 is 2.12 bits per heavy atom. The zero-order valence-electron chi connectivity index (χ0n) is 8.94. The molecule has 4 nitrogen and oxygen atoms in total. The molecule has 0 spiro atoms. The van der Waals surface area contributed by atoms with Gasteiger partial charge in [-0.05, 0) is 24.3 Å². The summed E-state index contributed by atoms with van der Waals surface area (Å²) in [4.78, 5) is 15.8. The second-order valence-corrected chi connectivity index (χ2v) is 4.62. The van der Waals surface area contributed by atoms with Crippen LogP contribution in [0.3, 0.4) is 0 Å². The van der Waals surface area contributed by atoms with Crippen molar-refractivity contribution >= 4 is 39.7 Å². The van der Waals surface area contributed by atoms with Gasteiger partial charge in [0.25, 0.3) is 0 Å². The van der Waals surface area contributed by atoms with E-state index < -0.39 is 0 Å². The predicted octanol–water partition coefficient (Wildman–Crippen LogP) is 3.33. The Bertz CT molecular complexity index is 525. The van der Waals surface area contributed by atoms with Gasteiger partial charge in [0.2, 0.25) is 0 Å². The Balaban J connectivity index is 2.11. The first-order valence-electron chi connectivity index (χ1n) is 4.76. The average molecular weight is 269 g/mol. The summed E-state index contributed by atoms with van der Waals surface area (Å²) in [6.45, 7) is 0. The minimum atomic E-state index is -0.383.